The lowest BCUT2D eigenvalue weighted by atomic mass is 9.97. The third-order valence-electron chi connectivity index (χ3n) is 4.81. The summed E-state index contributed by atoms with van der Waals surface area (Å²) in [5, 5.41) is 33.6. The average molecular weight is 460 g/mol. The number of nitrogens with two attached hydrogens (primary N) is 1. The van der Waals surface area contributed by atoms with Crippen LogP contribution in [-0.2, 0) is 28.8 Å². The molecule has 5 atom stereocenters. The largest absolute Gasteiger partial charge is 0.481 e. The second-order valence-electron chi connectivity index (χ2n) is 7.47. The molecule has 13 nitrogen and oxygen atoms in total. The minimum absolute atomic E-state index is 0.195. The summed E-state index contributed by atoms with van der Waals surface area (Å²) in [7, 11) is 0. The zero-order valence-corrected chi connectivity index (χ0v) is 18.3. The minimum Gasteiger partial charge on any atom is -0.481 e. The van der Waals surface area contributed by atoms with Gasteiger partial charge in [-0.1, -0.05) is 20.3 Å². The summed E-state index contributed by atoms with van der Waals surface area (Å²) >= 11 is 0. The van der Waals surface area contributed by atoms with Crippen LogP contribution in [0.3, 0.4) is 0 Å². The molecule has 0 aliphatic rings. The van der Waals surface area contributed by atoms with Gasteiger partial charge in [0.05, 0.1) is 6.04 Å². The molecule has 0 fully saturated rings. The smallest absolute Gasteiger partial charge is 0.325 e. The van der Waals surface area contributed by atoms with Gasteiger partial charge in [-0.25, -0.2) is 0 Å². The van der Waals surface area contributed by atoms with Crippen LogP contribution in [0.1, 0.15) is 52.9 Å². The lowest BCUT2D eigenvalue weighted by Crippen LogP contribution is -2.58. The summed E-state index contributed by atoms with van der Waals surface area (Å²) in [5.41, 5.74) is 5.63. The van der Waals surface area contributed by atoms with Crippen LogP contribution in [0.4, 0.5) is 0 Å². The first kappa shape index (κ1) is 28.8. The van der Waals surface area contributed by atoms with Crippen molar-refractivity contribution in [2.75, 3.05) is 0 Å². The van der Waals surface area contributed by atoms with Crippen LogP contribution < -0.4 is 21.7 Å². The number of carbonyl (C=O) groups excluding carboxylic acids is 3. The van der Waals surface area contributed by atoms with E-state index in [2.05, 4.69) is 16.0 Å². The van der Waals surface area contributed by atoms with Crippen LogP contribution in [0.2, 0.25) is 0 Å². The Morgan fingerprint density at radius 3 is 1.78 bits per heavy atom. The molecule has 0 spiro atoms. The number of nitrogens with one attached hydrogen (secondary N) is 3. The minimum atomic E-state index is -1.36. The van der Waals surface area contributed by atoms with Crippen LogP contribution in [-0.4, -0.2) is 75.1 Å². The molecule has 32 heavy (non-hydrogen) atoms. The molecule has 0 aromatic rings. The van der Waals surface area contributed by atoms with Gasteiger partial charge in [0, 0.05) is 12.8 Å². The Labute approximate surface area is 185 Å². The third-order valence-corrected chi connectivity index (χ3v) is 4.81. The van der Waals surface area contributed by atoms with Gasteiger partial charge < -0.3 is 37.0 Å². The molecule has 0 aromatic carbocycles. The molecule has 0 radical (unpaired) electrons. The number of carbonyl (C=O) groups is 6. The van der Waals surface area contributed by atoms with E-state index >= 15 is 0 Å². The van der Waals surface area contributed by atoms with Gasteiger partial charge in [0.15, 0.2) is 0 Å². The molecule has 0 bridgehead atoms. The van der Waals surface area contributed by atoms with E-state index in [0.29, 0.717) is 6.42 Å². The Bertz CT molecular complexity index is 713. The maximum absolute atomic E-state index is 12.8. The maximum Gasteiger partial charge on any atom is 0.325 e. The van der Waals surface area contributed by atoms with Crippen molar-refractivity contribution in [1.29, 1.82) is 0 Å². The molecule has 8 N–H and O–H groups in total. The van der Waals surface area contributed by atoms with Crippen molar-refractivity contribution in [3.05, 3.63) is 0 Å². The van der Waals surface area contributed by atoms with Gasteiger partial charge >= 0.3 is 17.9 Å². The Morgan fingerprint density at radius 2 is 1.31 bits per heavy atom. The summed E-state index contributed by atoms with van der Waals surface area (Å²) in [6.07, 6.45) is -0.901. The van der Waals surface area contributed by atoms with E-state index in [4.69, 9.17) is 21.1 Å². The molecule has 13 heteroatoms. The fraction of sp³-hybridized carbons (Fsp3) is 0.684. The van der Waals surface area contributed by atoms with Gasteiger partial charge in [-0.2, -0.15) is 0 Å². The highest BCUT2D eigenvalue weighted by atomic mass is 16.4. The molecule has 0 rings (SSSR count). The SMILES string of the molecule is CCC(C)C(NC(=O)C(CCC(=O)O)NC(=O)C(N)CCC(=O)O)C(=O)NC(C)C(=O)O. The van der Waals surface area contributed by atoms with Crippen molar-refractivity contribution in [3.63, 3.8) is 0 Å². The Hall–Kier alpha value is -3.22. The molecule has 0 heterocycles. The predicted octanol–water partition coefficient (Wildman–Crippen LogP) is -1.35. The molecule has 0 aromatic heterocycles. The topological polar surface area (TPSA) is 225 Å². The van der Waals surface area contributed by atoms with Crippen LogP contribution in [0.15, 0.2) is 0 Å². The van der Waals surface area contributed by atoms with Gasteiger partial charge in [-0.15, -0.1) is 0 Å². The predicted molar refractivity (Wildman–Crippen MR) is 110 cm³/mol. The zero-order chi connectivity index (χ0) is 25.0. The molecule has 0 aliphatic carbocycles. The highest BCUT2D eigenvalue weighted by Gasteiger charge is 2.32. The van der Waals surface area contributed by atoms with E-state index in [9.17, 15) is 28.8 Å². The number of carboxylic acids is 3. The van der Waals surface area contributed by atoms with Gasteiger partial charge in [-0.3, -0.25) is 28.8 Å². The number of hydrogen-bond acceptors (Lipinski definition) is 7. The lowest BCUT2D eigenvalue weighted by molar-refractivity contribution is -0.142. The summed E-state index contributed by atoms with van der Waals surface area (Å²) in [5.74, 6) is -6.51. The molecule has 0 saturated carbocycles. The summed E-state index contributed by atoms with van der Waals surface area (Å²) in [4.78, 5) is 70.1. The summed E-state index contributed by atoms with van der Waals surface area (Å²) < 4.78 is 0. The number of carboxylic acid groups (broad SMARTS) is 3. The first-order valence-electron chi connectivity index (χ1n) is 10.1. The Kier molecular flexibility index (Phi) is 12.6. The highest BCUT2D eigenvalue weighted by molar-refractivity contribution is 5.94. The van der Waals surface area contributed by atoms with Crippen molar-refractivity contribution in [2.24, 2.45) is 11.7 Å². The van der Waals surface area contributed by atoms with Crippen LogP contribution in [0.5, 0.6) is 0 Å². The Morgan fingerprint density at radius 1 is 0.781 bits per heavy atom. The van der Waals surface area contributed by atoms with Gasteiger partial charge in [0.1, 0.15) is 18.1 Å². The molecule has 0 aliphatic heterocycles. The second-order valence-corrected chi connectivity index (χ2v) is 7.47. The Balaban J connectivity index is 5.44. The van der Waals surface area contributed by atoms with E-state index in [1.54, 1.807) is 13.8 Å². The normalized spacial score (nSPS) is 15.4. The molecule has 182 valence electrons. The zero-order valence-electron chi connectivity index (χ0n) is 18.3. The van der Waals surface area contributed by atoms with Crippen molar-refractivity contribution in [3.8, 4) is 0 Å². The molecular weight excluding hydrogens is 428 g/mol. The maximum atomic E-state index is 12.8. The molecular formula is C19H32N4O9. The lowest BCUT2D eigenvalue weighted by Gasteiger charge is -2.27. The number of amides is 3. The molecule has 3 amide bonds. The number of hydrogen-bond donors (Lipinski definition) is 7. The monoisotopic (exact) mass is 460 g/mol. The van der Waals surface area contributed by atoms with E-state index in [-0.39, 0.29) is 19.3 Å². The van der Waals surface area contributed by atoms with Crippen LogP contribution >= 0.6 is 0 Å². The second kappa shape index (κ2) is 14.0. The average Bonchev–Trinajstić information content (AvgIpc) is 2.71. The van der Waals surface area contributed by atoms with Crippen molar-refractivity contribution in [2.45, 2.75) is 77.0 Å². The van der Waals surface area contributed by atoms with Crippen molar-refractivity contribution < 1.29 is 44.1 Å². The summed E-state index contributed by atoms with van der Waals surface area (Å²) in [6.45, 7) is 4.66. The first-order valence-corrected chi connectivity index (χ1v) is 10.1. The van der Waals surface area contributed by atoms with Gasteiger partial charge in [0.25, 0.3) is 0 Å². The fourth-order valence-electron chi connectivity index (χ4n) is 2.55. The molecule has 0 saturated heterocycles. The van der Waals surface area contributed by atoms with Crippen LogP contribution in [0.25, 0.3) is 0 Å². The third kappa shape index (κ3) is 10.7. The quantitative estimate of drug-likeness (QED) is 0.152. The fourth-order valence-corrected chi connectivity index (χ4v) is 2.55. The highest BCUT2D eigenvalue weighted by Crippen LogP contribution is 2.10. The van der Waals surface area contributed by atoms with Crippen molar-refractivity contribution in [1.82, 2.24) is 16.0 Å². The van der Waals surface area contributed by atoms with Crippen LogP contribution in [0, 0.1) is 5.92 Å². The van der Waals surface area contributed by atoms with E-state index in [0.717, 1.165) is 0 Å². The summed E-state index contributed by atoms with van der Waals surface area (Å²) in [6, 6.07) is -4.94. The van der Waals surface area contributed by atoms with Gasteiger partial charge in [0.2, 0.25) is 17.7 Å². The standard InChI is InChI=1S/C19H32N4O9/c1-4-9(2)15(18(30)21-10(3)19(31)32)23-17(29)12(6-8-14(26)27)22-16(28)11(20)5-7-13(24)25/h9-12,15H,4-8,20H2,1-3H3,(H,21,30)(H,22,28)(H,23,29)(H,24,25)(H,26,27)(H,31,32). The van der Waals surface area contributed by atoms with Crippen molar-refractivity contribution >= 4 is 35.6 Å². The van der Waals surface area contributed by atoms with Gasteiger partial charge in [-0.05, 0) is 25.7 Å². The number of rotatable bonds is 15. The first-order chi connectivity index (χ1) is 14.8. The molecule has 5 unspecified atom stereocenters. The van der Waals surface area contributed by atoms with E-state index < -0.39 is 72.1 Å². The van der Waals surface area contributed by atoms with E-state index in [1.807, 2.05) is 0 Å². The number of aliphatic carboxylic acids is 3. The van der Waals surface area contributed by atoms with E-state index in [1.165, 1.54) is 6.92 Å².